The molecule has 3 aromatic carbocycles. The van der Waals surface area contributed by atoms with Crippen molar-refractivity contribution in [3.8, 4) is 5.75 Å². The molecule has 0 unspecified atom stereocenters. The van der Waals surface area contributed by atoms with Crippen LogP contribution >= 0.6 is 0 Å². The Balaban J connectivity index is 1.51. The molecule has 0 aliphatic carbocycles. The number of ether oxygens (including phenoxy) is 1. The first-order chi connectivity index (χ1) is 16.7. The molecule has 0 saturated heterocycles. The number of carbonyl (C=O) groups excluding carboxylic acids is 3. The first-order valence-corrected chi connectivity index (χ1v) is 11.0. The van der Waals surface area contributed by atoms with E-state index in [0.29, 0.717) is 17.0 Å². The van der Waals surface area contributed by atoms with Crippen molar-refractivity contribution in [2.24, 2.45) is 5.10 Å². The summed E-state index contributed by atoms with van der Waals surface area (Å²) in [6.45, 7) is 7.46. The minimum Gasteiger partial charge on any atom is -0.484 e. The van der Waals surface area contributed by atoms with E-state index in [-0.39, 0.29) is 12.5 Å². The second-order valence-electron chi connectivity index (χ2n) is 8.08. The van der Waals surface area contributed by atoms with Gasteiger partial charge in [-0.2, -0.15) is 5.10 Å². The fourth-order valence-electron chi connectivity index (χ4n) is 3.30. The Morgan fingerprint density at radius 3 is 2.23 bits per heavy atom. The Labute approximate surface area is 204 Å². The topological polar surface area (TPSA) is 109 Å². The molecule has 180 valence electrons. The number of hydrogen-bond donors (Lipinski definition) is 3. The van der Waals surface area contributed by atoms with Gasteiger partial charge < -0.3 is 15.4 Å². The molecule has 0 aromatic heterocycles. The number of hydrogen-bond acceptors (Lipinski definition) is 5. The van der Waals surface area contributed by atoms with Crippen molar-refractivity contribution in [2.75, 3.05) is 17.2 Å². The summed E-state index contributed by atoms with van der Waals surface area (Å²) >= 11 is 0. The van der Waals surface area contributed by atoms with Gasteiger partial charge in [-0.05, 0) is 73.7 Å². The minimum atomic E-state index is -0.889. The molecular formula is C27H28N4O4. The van der Waals surface area contributed by atoms with Crippen molar-refractivity contribution in [3.63, 3.8) is 0 Å². The van der Waals surface area contributed by atoms with Crippen LogP contribution in [0.2, 0.25) is 0 Å². The van der Waals surface area contributed by atoms with E-state index >= 15 is 0 Å². The molecule has 3 rings (SSSR count). The maximum absolute atomic E-state index is 12.3. The first kappa shape index (κ1) is 25.2. The highest BCUT2D eigenvalue weighted by molar-refractivity contribution is 6.39. The summed E-state index contributed by atoms with van der Waals surface area (Å²) in [5.41, 5.74) is 7.98. The van der Waals surface area contributed by atoms with Gasteiger partial charge in [0.05, 0.1) is 6.21 Å². The molecule has 0 aliphatic rings. The molecule has 3 aromatic rings. The number of carbonyl (C=O) groups is 3. The molecule has 8 nitrogen and oxygen atoms in total. The van der Waals surface area contributed by atoms with Gasteiger partial charge in [-0.25, -0.2) is 5.43 Å². The zero-order valence-electron chi connectivity index (χ0n) is 20.1. The summed E-state index contributed by atoms with van der Waals surface area (Å²) in [6, 6.07) is 18.1. The predicted molar refractivity (Wildman–Crippen MR) is 137 cm³/mol. The van der Waals surface area contributed by atoms with Gasteiger partial charge >= 0.3 is 11.8 Å². The molecule has 3 N–H and O–H groups in total. The number of rotatable bonds is 7. The SMILES string of the molecule is Cc1cccc(NC(=O)COc2cccc(/C=N\NC(=O)C(=O)Nc3c(C)cccc3C)c2)c1C. The number of anilines is 2. The monoisotopic (exact) mass is 472 g/mol. The van der Waals surface area contributed by atoms with Crippen molar-refractivity contribution in [2.45, 2.75) is 27.7 Å². The number of hydrazone groups is 1. The van der Waals surface area contributed by atoms with Crippen molar-refractivity contribution in [1.82, 2.24) is 5.43 Å². The third kappa shape index (κ3) is 7.01. The minimum absolute atomic E-state index is 0.163. The maximum atomic E-state index is 12.3. The summed E-state index contributed by atoms with van der Waals surface area (Å²) in [7, 11) is 0. The van der Waals surface area contributed by atoms with E-state index in [1.165, 1.54) is 6.21 Å². The van der Waals surface area contributed by atoms with Crippen molar-refractivity contribution in [1.29, 1.82) is 0 Å². The predicted octanol–water partition coefficient (Wildman–Crippen LogP) is 4.03. The van der Waals surface area contributed by atoms with Crippen LogP contribution in [0.5, 0.6) is 5.75 Å². The fraction of sp³-hybridized carbons (Fsp3) is 0.185. The molecule has 0 fully saturated rings. The number of nitrogens with zero attached hydrogens (tertiary/aromatic N) is 1. The fourth-order valence-corrected chi connectivity index (χ4v) is 3.30. The molecule has 0 bridgehead atoms. The molecule has 0 heterocycles. The number of benzene rings is 3. The lowest BCUT2D eigenvalue weighted by Crippen LogP contribution is -2.32. The molecule has 0 spiro atoms. The molecule has 0 aliphatic heterocycles. The molecule has 35 heavy (non-hydrogen) atoms. The molecule has 8 heteroatoms. The van der Waals surface area contributed by atoms with Gasteiger partial charge in [-0.3, -0.25) is 14.4 Å². The summed E-state index contributed by atoms with van der Waals surface area (Å²) in [5.74, 6) is -1.52. The van der Waals surface area contributed by atoms with Crippen LogP contribution in [0.1, 0.15) is 27.8 Å². The zero-order chi connectivity index (χ0) is 25.4. The van der Waals surface area contributed by atoms with Crippen LogP contribution in [0.15, 0.2) is 65.8 Å². The third-order valence-corrected chi connectivity index (χ3v) is 5.41. The number of para-hydroxylation sites is 1. The van der Waals surface area contributed by atoms with Gasteiger partial charge in [-0.15, -0.1) is 0 Å². The van der Waals surface area contributed by atoms with Crippen LogP contribution in [0.25, 0.3) is 0 Å². The normalized spacial score (nSPS) is 10.6. The van der Waals surface area contributed by atoms with Crippen molar-refractivity contribution in [3.05, 3.63) is 88.5 Å². The van der Waals surface area contributed by atoms with E-state index in [1.54, 1.807) is 24.3 Å². The number of aryl methyl sites for hydroxylation is 3. The molecular weight excluding hydrogens is 444 g/mol. The second kappa shape index (κ2) is 11.6. The van der Waals surface area contributed by atoms with E-state index in [1.807, 2.05) is 64.1 Å². The highest BCUT2D eigenvalue weighted by Gasteiger charge is 2.15. The summed E-state index contributed by atoms with van der Waals surface area (Å²) in [5, 5.41) is 9.29. The van der Waals surface area contributed by atoms with E-state index in [2.05, 4.69) is 21.2 Å². The smallest absolute Gasteiger partial charge is 0.329 e. The van der Waals surface area contributed by atoms with Gasteiger partial charge in [0, 0.05) is 11.4 Å². The lowest BCUT2D eigenvalue weighted by atomic mass is 10.1. The van der Waals surface area contributed by atoms with E-state index in [4.69, 9.17) is 4.74 Å². The number of amides is 3. The van der Waals surface area contributed by atoms with Crippen LogP contribution in [0.4, 0.5) is 11.4 Å². The van der Waals surface area contributed by atoms with Gasteiger partial charge in [-0.1, -0.05) is 42.5 Å². The Morgan fingerprint density at radius 2 is 1.49 bits per heavy atom. The van der Waals surface area contributed by atoms with E-state index in [9.17, 15) is 14.4 Å². The maximum Gasteiger partial charge on any atom is 0.329 e. The number of nitrogens with one attached hydrogen (secondary N) is 3. The second-order valence-corrected chi connectivity index (χ2v) is 8.08. The van der Waals surface area contributed by atoms with E-state index < -0.39 is 11.8 Å². The Hall–Kier alpha value is -4.46. The molecule has 3 amide bonds. The lowest BCUT2D eigenvalue weighted by molar-refractivity contribution is -0.136. The van der Waals surface area contributed by atoms with Crippen LogP contribution in [-0.4, -0.2) is 30.5 Å². The summed E-state index contributed by atoms with van der Waals surface area (Å²) in [4.78, 5) is 36.5. The van der Waals surface area contributed by atoms with Crippen LogP contribution in [0.3, 0.4) is 0 Å². The Bertz CT molecular complexity index is 1260. The Kier molecular flexibility index (Phi) is 8.34. The largest absolute Gasteiger partial charge is 0.484 e. The average molecular weight is 473 g/mol. The quantitative estimate of drug-likeness (QED) is 0.274. The third-order valence-electron chi connectivity index (χ3n) is 5.41. The average Bonchev–Trinajstić information content (AvgIpc) is 2.83. The molecule has 0 saturated carbocycles. The van der Waals surface area contributed by atoms with Crippen molar-refractivity contribution < 1.29 is 19.1 Å². The Morgan fingerprint density at radius 1 is 0.829 bits per heavy atom. The van der Waals surface area contributed by atoms with Gasteiger partial charge in [0.2, 0.25) is 0 Å². The highest BCUT2D eigenvalue weighted by atomic mass is 16.5. The van der Waals surface area contributed by atoms with Crippen LogP contribution in [0, 0.1) is 27.7 Å². The van der Waals surface area contributed by atoms with Crippen LogP contribution < -0.4 is 20.8 Å². The van der Waals surface area contributed by atoms with Gasteiger partial charge in [0.25, 0.3) is 5.91 Å². The first-order valence-electron chi connectivity index (χ1n) is 11.0. The standard InChI is InChI=1S/C27H28N4O4/c1-17-8-6-13-23(20(17)4)29-24(32)16-35-22-12-7-11-21(14-22)15-28-31-27(34)26(33)30-25-18(2)9-5-10-19(25)3/h5-15H,16H2,1-4H3,(H,29,32)(H,30,33)(H,31,34)/b28-15-. The lowest BCUT2D eigenvalue weighted by Gasteiger charge is -2.11. The van der Waals surface area contributed by atoms with E-state index in [0.717, 1.165) is 27.9 Å². The molecule has 0 atom stereocenters. The summed E-state index contributed by atoms with van der Waals surface area (Å²) < 4.78 is 5.58. The highest BCUT2D eigenvalue weighted by Crippen LogP contribution is 2.19. The van der Waals surface area contributed by atoms with Crippen molar-refractivity contribution >= 4 is 35.3 Å². The zero-order valence-corrected chi connectivity index (χ0v) is 20.1. The molecule has 0 radical (unpaired) electrons. The van der Waals surface area contributed by atoms with Gasteiger partial charge in [0.1, 0.15) is 5.75 Å². The van der Waals surface area contributed by atoms with Crippen LogP contribution in [-0.2, 0) is 14.4 Å². The van der Waals surface area contributed by atoms with Gasteiger partial charge in [0.15, 0.2) is 6.61 Å². The summed E-state index contributed by atoms with van der Waals surface area (Å²) in [6.07, 6.45) is 1.38.